The lowest BCUT2D eigenvalue weighted by atomic mass is 9.73. The van der Waals surface area contributed by atoms with Crippen molar-refractivity contribution >= 4 is 0 Å². The molecule has 0 atom stereocenters. The van der Waals surface area contributed by atoms with Crippen molar-refractivity contribution in [2.24, 2.45) is 5.41 Å². The molecule has 1 aromatic heterocycles. The summed E-state index contributed by atoms with van der Waals surface area (Å²) in [4.78, 5) is 4.27. The van der Waals surface area contributed by atoms with E-state index in [1.165, 1.54) is 12.8 Å². The second-order valence-corrected chi connectivity index (χ2v) is 5.32. The Hall–Kier alpha value is -1.37. The molecule has 0 aliphatic heterocycles. The monoisotopic (exact) mass is 219 g/mol. The van der Waals surface area contributed by atoms with Gasteiger partial charge in [0, 0.05) is 5.92 Å². The SMILES string of the molecule is CC1(C)CCC(c2noc(CC#N)n2)CC1. The Morgan fingerprint density at radius 2 is 2.12 bits per heavy atom. The van der Waals surface area contributed by atoms with Crippen LogP contribution in [0.1, 0.15) is 57.2 Å². The molecule has 0 saturated heterocycles. The molecule has 2 rings (SSSR count). The van der Waals surface area contributed by atoms with E-state index in [9.17, 15) is 0 Å². The number of hydrogen-bond donors (Lipinski definition) is 0. The third-order valence-corrected chi connectivity index (χ3v) is 3.42. The smallest absolute Gasteiger partial charge is 0.240 e. The van der Waals surface area contributed by atoms with Crippen LogP contribution in [0.5, 0.6) is 0 Å². The summed E-state index contributed by atoms with van der Waals surface area (Å²) in [5.41, 5.74) is 0.454. The highest BCUT2D eigenvalue weighted by Crippen LogP contribution is 2.41. The van der Waals surface area contributed by atoms with Gasteiger partial charge in [0.05, 0.1) is 6.07 Å². The zero-order valence-electron chi connectivity index (χ0n) is 9.86. The van der Waals surface area contributed by atoms with Gasteiger partial charge < -0.3 is 4.52 Å². The van der Waals surface area contributed by atoms with E-state index in [4.69, 9.17) is 9.78 Å². The summed E-state index contributed by atoms with van der Waals surface area (Å²) in [6, 6.07) is 2.02. The first kappa shape index (κ1) is 11.1. The van der Waals surface area contributed by atoms with E-state index in [1.807, 2.05) is 6.07 Å². The molecule has 1 aliphatic carbocycles. The highest BCUT2D eigenvalue weighted by atomic mass is 16.5. The van der Waals surface area contributed by atoms with Gasteiger partial charge in [-0.25, -0.2) is 0 Å². The molecular weight excluding hydrogens is 202 g/mol. The Balaban J connectivity index is 2.00. The summed E-state index contributed by atoms with van der Waals surface area (Å²) < 4.78 is 5.03. The van der Waals surface area contributed by atoms with Gasteiger partial charge in [0.25, 0.3) is 0 Å². The van der Waals surface area contributed by atoms with Crippen LogP contribution in [0, 0.1) is 16.7 Å². The summed E-state index contributed by atoms with van der Waals surface area (Å²) >= 11 is 0. The van der Waals surface area contributed by atoms with Crippen molar-refractivity contribution in [2.75, 3.05) is 0 Å². The lowest BCUT2D eigenvalue weighted by Gasteiger charge is -2.32. The van der Waals surface area contributed by atoms with E-state index >= 15 is 0 Å². The molecule has 4 heteroatoms. The van der Waals surface area contributed by atoms with Crippen molar-refractivity contribution in [2.45, 2.75) is 51.9 Å². The highest BCUT2D eigenvalue weighted by Gasteiger charge is 2.29. The molecule has 1 heterocycles. The molecule has 0 bridgehead atoms. The normalized spacial score (nSPS) is 20.6. The van der Waals surface area contributed by atoms with Gasteiger partial charge in [-0.1, -0.05) is 19.0 Å². The zero-order chi connectivity index (χ0) is 11.6. The Bertz CT molecular complexity index is 393. The molecule has 16 heavy (non-hydrogen) atoms. The van der Waals surface area contributed by atoms with Crippen LogP contribution in [0.25, 0.3) is 0 Å². The van der Waals surface area contributed by atoms with Gasteiger partial charge in [-0.2, -0.15) is 10.2 Å². The second-order valence-electron chi connectivity index (χ2n) is 5.32. The predicted octanol–water partition coefficient (Wildman–Crippen LogP) is 2.82. The number of nitrogens with zero attached hydrogens (tertiary/aromatic N) is 3. The van der Waals surface area contributed by atoms with Crippen molar-refractivity contribution in [3.8, 4) is 6.07 Å². The fraction of sp³-hybridized carbons (Fsp3) is 0.750. The second kappa shape index (κ2) is 4.25. The van der Waals surface area contributed by atoms with Crippen molar-refractivity contribution in [3.63, 3.8) is 0 Å². The van der Waals surface area contributed by atoms with Gasteiger partial charge in [0.2, 0.25) is 5.89 Å². The Kier molecular flexibility index (Phi) is 2.95. The predicted molar refractivity (Wildman–Crippen MR) is 58.6 cm³/mol. The Morgan fingerprint density at radius 3 is 2.75 bits per heavy atom. The van der Waals surface area contributed by atoms with Gasteiger partial charge in [-0.3, -0.25) is 0 Å². The van der Waals surface area contributed by atoms with Crippen LogP contribution < -0.4 is 0 Å². The molecule has 0 spiro atoms. The maximum atomic E-state index is 8.53. The average molecular weight is 219 g/mol. The fourth-order valence-electron chi connectivity index (χ4n) is 2.23. The summed E-state index contributed by atoms with van der Waals surface area (Å²) in [6.07, 6.45) is 4.88. The Morgan fingerprint density at radius 1 is 1.44 bits per heavy atom. The van der Waals surface area contributed by atoms with Crippen LogP contribution in [-0.4, -0.2) is 10.1 Å². The van der Waals surface area contributed by atoms with E-state index in [0.717, 1.165) is 18.7 Å². The molecular formula is C12H17N3O. The lowest BCUT2D eigenvalue weighted by molar-refractivity contribution is 0.218. The quantitative estimate of drug-likeness (QED) is 0.767. The van der Waals surface area contributed by atoms with Crippen LogP contribution in [0.3, 0.4) is 0 Å². The summed E-state index contributed by atoms with van der Waals surface area (Å²) in [7, 11) is 0. The molecule has 1 aliphatic rings. The van der Waals surface area contributed by atoms with E-state index < -0.39 is 0 Å². The van der Waals surface area contributed by atoms with Crippen LogP contribution in [0.2, 0.25) is 0 Å². The largest absolute Gasteiger partial charge is 0.338 e. The first-order valence-corrected chi connectivity index (χ1v) is 5.80. The lowest BCUT2D eigenvalue weighted by Crippen LogP contribution is -2.20. The fourth-order valence-corrected chi connectivity index (χ4v) is 2.23. The first-order valence-electron chi connectivity index (χ1n) is 5.80. The molecule has 0 amide bonds. The van der Waals surface area contributed by atoms with Crippen LogP contribution in [0.15, 0.2) is 4.52 Å². The van der Waals surface area contributed by atoms with Crippen LogP contribution in [-0.2, 0) is 6.42 Å². The molecule has 0 unspecified atom stereocenters. The molecule has 0 radical (unpaired) electrons. The van der Waals surface area contributed by atoms with E-state index in [2.05, 4.69) is 24.0 Å². The summed E-state index contributed by atoms with van der Waals surface area (Å²) in [6.45, 7) is 4.61. The standard InChI is InChI=1S/C12H17N3O/c1-12(2)6-3-9(4-7-12)11-14-10(5-8-13)16-15-11/h9H,3-7H2,1-2H3. The highest BCUT2D eigenvalue weighted by molar-refractivity contribution is 5.00. The van der Waals surface area contributed by atoms with Crippen molar-refractivity contribution < 1.29 is 4.52 Å². The molecule has 1 aromatic rings. The minimum atomic E-state index is 0.214. The third-order valence-electron chi connectivity index (χ3n) is 3.42. The molecule has 1 saturated carbocycles. The zero-order valence-corrected chi connectivity index (χ0v) is 9.86. The number of rotatable bonds is 2. The van der Waals surface area contributed by atoms with E-state index in [0.29, 0.717) is 17.2 Å². The van der Waals surface area contributed by atoms with Gasteiger partial charge >= 0.3 is 0 Å². The van der Waals surface area contributed by atoms with Crippen molar-refractivity contribution in [1.29, 1.82) is 5.26 Å². The number of nitriles is 1. The van der Waals surface area contributed by atoms with Crippen molar-refractivity contribution in [1.82, 2.24) is 10.1 Å². The maximum absolute atomic E-state index is 8.53. The number of aromatic nitrogens is 2. The summed E-state index contributed by atoms with van der Waals surface area (Å²) in [5.74, 6) is 1.66. The molecule has 4 nitrogen and oxygen atoms in total. The van der Waals surface area contributed by atoms with E-state index in [-0.39, 0.29) is 6.42 Å². The maximum Gasteiger partial charge on any atom is 0.240 e. The molecule has 0 N–H and O–H groups in total. The third kappa shape index (κ3) is 2.41. The summed E-state index contributed by atoms with van der Waals surface area (Å²) in [5, 5.41) is 12.5. The van der Waals surface area contributed by atoms with E-state index in [1.54, 1.807) is 0 Å². The van der Waals surface area contributed by atoms with Gasteiger partial charge in [0.1, 0.15) is 6.42 Å². The first-order chi connectivity index (χ1) is 7.61. The van der Waals surface area contributed by atoms with Crippen molar-refractivity contribution in [3.05, 3.63) is 11.7 Å². The molecule has 1 fully saturated rings. The topological polar surface area (TPSA) is 62.7 Å². The van der Waals surface area contributed by atoms with Crippen LogP contribution in [0.4, 0.5) is 0 Å². The molecule has 0 aromatic carbocycles. The van der Waals surface area contributed by atoms with Gasteiger partial charge in [-0.15, -0.1) is 0 Å². The minimum absolute atomic E-state index is 0.214. The van der Waals surface area contributed by atoms with Gasteiger partial charge in [0.15, 0.2) is 5.82 Å². The minimum Gasteiger partial charge on any atom is -0.338 e. The number of hydrogen-bond acceptors (Lipinski definition) is 4. The van der Waals surface area contributed by atoms with Crippen LogP contribution >= 0.6 is 0 Å². The average Bonchev–Trinajstić information content (AvgIpc) is 2.67. The Labute approximate surface area is 95.7 Å². The van der Waals surface area contributed by atoms with Gasteiger partial charge in [-0.05, 0) is 31.1 Å². The molecule has 86 valence electrons.